The van der Waals surface area contributed by atoms with E-state index in [2.05, 4.69) is 4.98 Å². The van der Waals surface area contributed by atoms with Crippen LogP contribution in [-0.4, -0.2) is 30.7 Å². The van der Waals surface area contributed by atoms with Crippen LogP contribution in [-0.2, 0) is 14.6 Å². The van der Waals surface area contributed by atoms with E-state index >= 15 is 0 Å². The van der Waals surface area contributed by atoms with Crippen LogP contribution in [0.2, 0.25) is 0 Å². The van der Waals surface area contributed by atoms with Crippen molar-refractivity contribution in [3.05, 3.63) is 40.2 Å². The van der Waals surface area contributed by atoms with E-state index in [4.69, 9.17) is 0 Å². The molecule has 2 unspecified atom stereocenters. The molecule has 7 heteroatoms. The highest BCUT2D eigenvalue weighted by atomic mass is 32.2. The van der Waals surface area contributed by atoms with Gasteiger partial charge >= 0.3 is 0 Å². The molecule has 1 aliphatic heterocycles. The van der Waals surface area contributed by atoms with Gasteiger partial charge < -0.3 is 0 Å². The van der Waals surface area contributed by atoms with Gasteiger partial charge in [0.05, 0.1) is 23.3 Å². The Bertz CT molecular complexity index is 924. The predicted molar refractivity (Wildman–Crippen MR) is 97.0 cm³/mol. The van der Waals surface area contributed by atoms with Gasteiger partial charge in [0.25, 0.3) is 0 Å². The summed E-state index contributed by atoms with van der Waals surface area (Å²) in [5.41, 5.74) is 2.84. The number of ketones is 1. The van der Waals surface area contributed by atoms with Gasteiger partial charge in [-0.1, -0.05) is 29.8 Å². The molecule has 1 aromatic heterocycles. The van der Waals surface area contributed by atoms with Crippen LogP contribution in [0.1, 0.15) is 29.3 Å². The third-order valence-corrected chi connectivity index (χ3v) is 7.13. The van der Waals surface area contributed by atoms with Gasteiger partial charge in [-0.2, -0.15) is 5.26 Å². The second-order valence-electron chi connectivity index (χ2n) is 6.44. The van der Waals surface area contributed by atoms with Crippen LogP contribution in [0.25, 0.3) is 11.3 Å². The number of hydrogen-bond donors (Lipinski definition) is 0. The fourth-order valence-electron chi connectivity index (χ4n) is 2.98. The molecule has 0 aliphatic carbocycles. The zero-order chi connectivity index (χ0) is 18.0. The highest BCUT2D eigenvalue weighted by molar-refractivity contribution is 7.91. The summed E-state index contributed by atoms with van der Waals surface area (Å²) in [5.74, 6) is -1.16. The Morgan fingerprint density at radius 3 is 2.72 bits per heavy atom. The number of nitriles is 1. The van der Waals surface area contributed by atoms with E-state index in [0.29, 0.717) is 11.4 Å². The summed E-state index contributed by atoms with van der Waals surface area (Å²) in [6.45, 7) is 2.00. The Morgan fingerprint density at radius 1 is 1.40 bits per heavy atom. The molecular formula is C18H18N2O3S2. The summed E-state index contributed by atoms with van der Waals surface area (Å²) >= 11 is 1.29. The van der Waals surface area contributed by atoms with E-state index in [1.54, 1.807) is 0 Å². The Kier molecular flexibility index (Phi) is 5.02. The van der Waals surface area contributed by atoms with Crippen molar-refractivity contribution in [3.8, 4) is 17.3 Å². The molecule has 1 saturated heterocycles. The number of carbonyl (C=O) groups excluding carboxylic acids is 1. The number of aromatic nitrogens is 1. The lowest BCUT2D eigenvalue weighted by molar-refractivity contribution is -0.120. The van der Waals surface area contributed by atoms with Crippen molar-refractivity contribution in [1.82, 2.24) is 4.98 Å². The van der Waals surface area contributed by atoms with Gasteiger partial charge in [-0.05, 0) is 19.3 Å². The molecule has 130 valence electrons. The molecule has 0 spiro atoms. The molecule has 5 nitrogen and oxygen atoms in total. The maximum atomic E-state index is 12.5. The van der Waals surface area contributed by atoms with Gasteiger partial charge in [0.1, 0.15) is 5.01 Å². The molecule has 1 aromatic carbocycles. The standard InChI is InChI=1S/C18H18N2O3S2/c1-12-2-4-14(5-3-12)16-10-24-18(20-16)15(9-19)17(21)8-13-6-7-25(22,23)11-13/h2-5,10,13,15H,6-8,11H2,1H3. The summed E-state index contributed by atoms with van der Waals surface area (Å²) in [7, 11) is -3.02. The molecule has 0 bridgehead atoms. The lowest BCUT2D eigenvalue weighted by atomic mass is 9.95. The third kappa shape index (κ3) is 4.14. The first-order valence-electron chi connectivity index (χ1n) is 8.03. The molecule has 2 heterocycles. The van der Waals surface area contributed by atoms with Crippen molar-refractivity contribution >= 4 is 27.0 Å². The van der Waals surface area contributed by atoms with Crippen molar-refractivity contribution in [1.29, 1.82) is 5.26 Å². The van der Waals surface area contributed by atoms with Crippen LogP contribution in [0, 0.1) is 24.2 Å². The van der Waals surface area contributed by atoms with Crippen LogP contribution in [0.3, 0.4) is 0 Å². The molecule has 0 amide bonds. The Hall–Kier alpha value is -2.04. The number of thiazole rings is 1. The SMILES string of the molecule is Cc1ccc(-c2csc(C(C#N)C(=O)CC3CCS(=O)(=O)C3)n2)cc1. The maximum Gasteiger partial charge on any atom is 0.157 e. The smallest absolute Gasteiger partial charge is 0.157 e. The van der Waals surface area contributed by atoms with Gasteiger partial charge in [0, 0.05) is 17.4 Å². The number of sulfone groups is 1. The number of benzene rings is 1. The second kappa shape index (κ2) is 7.06. The zero-order valence-corrected chi connectivity index (χ0v) is 15.4. The largest absolute Gasteiger partial charge is 0.298 e. The van der Waals surface area contributed by atoms with Crippen LogP contribution < -0.4 is 0 Å². The summed E-state index contributed by atoms with van der Waals surface area (Å²) in [4.78, 5) is 16.9. The monoisotopic (exact) mass is 374 g/mol. The number of aryl methyl sites for hydroxylation is 1. The van der Waals surface area contributed by atoms with Crippen molar-refractivity contribution in [3.63, 3.8) is 0 Å². The fourth-order valence-corrected chi connectivity index (χ4v) is 5.73. The molecule has 3 rings (SSSR count). The highest BCUT2D eigenvalue weighted by Gasteiger charge is 2.32. The van der Waals surface area contributed by atoms with Crippen molar-refractivity contribution < 1.29 is 13.2 Å². The molecular weight excluding hydrogens is 356 g/mol. The van der Waals surface area contributed by atoms with Crippen LogP contribution >= 0.6 is 11.3 Å². The molecule has 2 atom stereocenters. The molecule has 1 aliphatic rings. The number of carbonyl (C=O) groups is 1. The first-order valence-corrected chi connectivity index (χ1v) is 10.7. The zero-order valence-electron chi connectivity index (χ0n) is 13.8. The van der Waals surface area contributed by atoms with Crippen molar-refractivity contribution in [2.24, 2.45) is 5.92 Å². The van der Waals surface area contributed by atoms with Gasteiger partial charge in [0.2, 0.25) is 0 Å². The molecule has 25 heavy (non-hydrogen) atoms. The minimum Gasteiger partial charge on any atom is -0.298 e. The molecule has 0 saturated carbocycles. The third-order valence-electron chi connectivity index (χ3n) is 4.38. The Morgan fingerprint density at radius 2 is 2.12 bits per heavy atom. The van der Waals surface area contributed by atoms with E-state index in [9.17, 15) is 18.5 Å². The summed E-state index contributed by atoms with van der Waals surface area (Å²) < 4.78 is 23.1. The first-order chi connectivity index (χ1) is 11.9. The van der Waals surface area contributed by atoms with Crippen LogP contribution in [0.5, 0.6) is 0 Å². The average Bonchev–Trinajstić information content (AvgIpc) is 3.16. The summed E-state index contributed by atoms with van der Waals surface area (Å²) in [6, 6.07) is 9.93. The summed E-state index contributed by atoms with van der Waals surface area (Å²) in [5, 5.41) is 11.7. The normalized spacial score (nSPS) is 20.1. The quantitative estimate of drug-likeness (QED) is 0.802. The van der Waals surface area contributed by atoms with Crippen LogP contribution in [0.4, 0.5) is 0 Å². The molecule has 0 N–H and O–H groups in total. The topological polar surface area (TPSA) is 87.9 Å². The molecule has 1 fully saturated rings. The van der Waals surface area contributed by atoms with Gasteiger partial charge in [-0.15, -0.1) is 11.3 Å². The molecule has 0 radical (unpaired) electrons. The Labute approximate surface area is 151 Å². The second-order valence-corrected chi connectivity index (χ2v) is 9.56. The van der Waals surface area contributed by atoms with Crippen molar-refractivity contribution in [2.45, 2.75) is 25.7 Å². The lowest BCUT2D eigenvalue weighted by Crippen LogP contribution is -2.16. The minimum atomic E-state index is -3.02. The Balaban J connectivity index is 1.74. The molecule has 2 aromatic rings. The minimum absolute atomic E-state index is 0.0450. The number of nitrogens with zero attached hydrogens (tertiary/aromatic N) is 2. The number of hydrogen-bond acceptors (Lipinski definition) is 6. The number of Topliss-reactive ketones (excluding diaryl/α,β-unsaturated/α-hetero) is 1. The van der Waals surface area contributed by atoms with E-state index in [1.807, 2.05) is 42.6 Å². The summed E-state index contributed by atoms with van der Waals surface area (Å²) in [6.07, 6.45) is 0.621. The average molecular weight is 374 g/mol. The van der Waals surface area contributed by atoms with E-state index < -0.39 is 15.8 Å². The number of rotatable bonds is 5. The van der Waals surface area contributed by atoms with E-state index in [-0.39, 0.29) is 29.6 Å². The maximum absolute atomic E-state index is 12.5. The fraction of sp³-hybridized carbons (Fsp3) is 0.389. The highest BCUT2D eigenvalue weighted by Crippen LogP contribution is 2.30. The van der Waals surface area contributed by atoms with Gasteiger partial charge in [-0.3, -0.25) is 4.79 Å². The lowest BCUT2D eigenvalue weighted by Gasteiger charge is -2.09. The van der Waals surface area contributed by atoms with Gasteiger partial charge in [-0.25, -0.2) is 13.4 Å². The van der Waals surface area contributed by atoms with Crippen molar-refractivity contribution in [2.75, 3.05) is 11.5 Å². The van der Waals surface area contributed by atoms with E-state index in [1.165, 1.54) is 11.3 Å². The predicted octanol–water partition coefficient (Wildman–Crippen LogP) is 3.12. The van der Waals surface area contributed by atoms with E-state index in [0.717, 1.165) is 16.8 Å². The first kappa shape index (κ1) is 17.8. The van der Waals surface area contributed by atoms with Gasteiger partial charge in [0.15, 0.2) is 21.5 Å². The van der Waals surface area contributed by atoms with Crippen LogP contribution in [0.15, 0.2) is 29.6 Å².